The fraction of sp³-hybridized carbons (Fsp3) is 0.625. The zero-order valence-corrected chi connectivity index (χ0v) is 12.4. The number of benzene rings is 1. The van der Waals surface area contributed by atoms with E-state index >= 15 is 0 Å². The van der Waals surface area contributed by atoms with E-state index in [9.17, 15) is 0 Å². The molecule has 2 heteroatoms. The molecule has 2 nitrogen and oxygen atoms in total. The summed E-state index contributed by atoms with van der Waals surface area (Å²) in [5.74, 6) is 0. The largest absolute Gasteiger partial charge is 0.375 e. The maximum Gasteiger partial charge on any atom is 0.0363 e. The maximum absolute atomic E-state index is 3.53. The Bertz CT molecular complexity index is 318. The van der Waals surface area contributed by atoms with Gasteiger partial charge in [0.2, 0.25) is 0 Å². The van der Waals surface area contributed by atoms with Crippen LogP contribution < -0.4 is 10.2 Å². The molecule has 0 aliphatic carbocycles. The van der Waals surface area contributed by atoms with Gasteiger partial charge in [0.25, 0.3) is 0 Å². The molecule has 1 atom stereocenters. The van der Waals surface area contributed by atoms with Crippen LogP contribution in [0, 0.1) is 6.92 Å². The van der Waals surface area contributed by atoms with E-state index in [0.717, 1.165) is 13.1 Å². The standard InChI is InChI=1S/C16H28N2/c1-5-15(17-6-2)8-7-13-18(4)16-11-9-14(3)10-12-16/h9-12,15,17H,5-8,13H2,1-4H3. The highest BCUT2D eigenvalue weighted by Crippen LogP contribution is 2.14. The lowest BCUT2D eigenvalue weighted by atomic mass is 10.1. The summed E-state index contributed by atoms with van der Waals surface area (Å²) in [6, 6.07) is 9.45. The molecule has 1 aromatic rings. The minimum atomic E-state index is 0.682. The zero-order valence-electron chi connectivity index (χ0n) is 12.4. The Morgan fingerprint density at radius 2 is 1.83 bits per heavy atom. The fourth-order valence-corrected chi connectivity index (χ4v) is 2.24. The van der Waals surface area contributed by atoms with Crippen LogP contribution in [0.2, 0.25) is 0 Å². The van der Waals surface area contributed by atoms with Gasteiger partial charge in [-0.25, -0.2) is 0 Å². The number of aryl methyl sites for hydroxylation is 1. The summed E-state index contributed by atoms with van der Waals surface area (Å²) >= 11 is 0. The van der Waals surface area contributed by atoms with E-state index in [1.54, 1.807) is 0 Å². The predicted molar refractivity (Wildman–Crippen MR) is 81.4 cm³/mol. The van der Waals surface area contributed by atoms with Crippen LogP contribution in [0.1, 0.15) is 38.7 Å². The van der Waals surface area contributed by atoms with Crippen molar-refractivity contribution in [2.45, 2.75) is 46.1 Å². The average Bonchev–Trinajstić information content (AvgIpc) is 2.38. The monoisotopic (exact) mass is 248 g/mol. The van der Waals surface area contributed by atoms with Gasteiger partial charge in [-0.1, -0.05) is 31.5 Å². The highest BCUT2D eigenvalue weighted by atomic mass is 15.1. The second-order valence-electron chi connectivity index (χ2n) is 5.06. The van der Waals surface area contributed by atoms with Crippen LogP contribution in [0.15, 0.2) is 24.3 Å². The number of nitrogens with zero attached hydrogens (tertiary/aromatic N) is 1. The van der Waals surface area contributed by atoms with E-state index in [2.05, 4.69) is 62.3 Å². The van der Waals surface area contributed by atoms with Crippen LogP contribution in [0.3, 0.4) is 0 Å². The first-order valence-corrected chi connectivity index (χ1v) is 7.18. The molecule has 102 valence electrons. The van der Waals surface area contributed by atoms with Gasteiger partial charge in [-0.2, -0.15) is 0 Å². The van der Waals surface area contributed by atoms with Crippen molar-refractivity contribution < 1.29 is 0 Å². The van der Waals surface area contributed by atoms with Crippen LogP contribution in [-0.4, -0.2) is 26.2 Å². The minimum absolute atomic E-state index is 0.682. The quantitative estimate of drug-likeness (QED) is 0.756. The summed E-state index contributed by atoms with van der Waals surface area (Å²) < 4.78 is 0. The maximum atomic E-state index is 3.53. The van der Waals surface area contributed by atoms with Crippen molar-refractivity contribution >= 4 is 5.69 Å². The van der Waals surface area contributed by atoms with Gasteiger partial charge in [0.15, 0.2) is 0 Å². The van der Waals surface area contributed by atoms with Crippen LogP contribution in [0.4, 0.5) is 5.69 Å². The molecule has 0 radical (unpaired) electrons. The van der Waals surface area contributed by atoms with E-state index in [-0.39, 0.29) is 0 Å². The third kappa shape index (κ3) is 5.09. The summed E-state index contributed by atoms with van der Waals surface area (Å²) in [6.07, 6.45) is 3.73. The number of hydrogen-bond acceptors (Lipinski definition) is 2. The van der Waals surface area contributed by atoms with E-state index in [1.807, 2.05) is 0 Å². The summed E-state index contributed by atoms with van der Waals surface area (Å²) in [5.41, 5.74) is 2.64. The fourth-order valence-electron chi connectivity index (χ4n) is 2.24. The Kier molecular flexibility index (Phi) is 6.81. The third-order valence-corrected chi connectivity index (χ3v) is 3.51. The van der Waals surface area contributed by atoms with E-state index in [1.165, 1.54) is 30.5 Å². The second kappa shape index (κ2) is 8.15. The molecule has 0 aliphatic heterocycles. The lowest BCUT2D eigenvalue weighted by Crippen LogP contribution is -2.29. The minimum Gasteiger partial charge on any atom is -0.375 e. The number of rotatable bonds is 8. The van der Waals surface area contributed by atoms with E-state index < -0.39 is 0 Å². The smallest absolute Gasteiger partial charge is 0.0363 e. The van der Waals surface area contributed by atoms with Gasteiger partial charge in [-0.15, -0.1) is 0 Å². The van der Waals surface area contributed by atoms with Gasteiger partial charge in [-0.3, -0.25) is 0 Å². The van der Waals surface area contributed by atoms with Gasteiger partial charge in [0, 0.05) is 25.3 Å². The molecule has 0 saturated carbocycles. The molecule has 1 N–H and O–H groups in total. The topological polar surface area (TPSA) is 15.3 Å². The first kappa shape index (κ1) is 15.0. The summed E-state index contributed by atoms with van der Waals surface area (Å²) in [7, 11) is 2.18. The lowest BCUT2D eigenvalue weighted by molar-refractivity contribution is 0.468. The zero-order chi connectivity index (χ0) is 13.4. The van der Waals surface area contributed by atoms with Crippen LogP contribution >= 0.6 is 0 Å². The molecule has 1 unspecified atom stereocenters. The summed E-state index contributed by atoms with van der Waals surface area (Å²) in [6.45, 7) is 8.78. The molecule has 18 heavy (non-hydrogen) atoms. The van der Waals surface area contributed by atoms with Crippen LogP contribution in [0.5, 0.6) is 0 Å². The highest BCUT2D eigenvalue weighted by molar-refractivity contribution is 5.46. The Morgan fingerprint density at radius 3 is 2.39 bits per heavy atom. The lowest BCUT2D eigenvalue weighted by Gasteiger charge is -2.21. The predicted octanol–water partition coefficient (Wildman–Crippen LogP) is 3.60. The molecule has 0 heterocycles. The summed E-state index contributed by atoms with van der Waals surface area (Å²) in [5, 5.41) is 3.53. The highest BCUT2D eigenvalue weighted by Gasteiger charge is 2.05. The molecule has 0 fully saturated rings. The summed E-state index contributed by atoms with van der Waals surface area (Å²) in [4.78, 5) is 2.35. The number of nitrogens with one attached hydrogen (secondary N) is 1. The van der Waals surface area contributed by atoms with Gasteiger partial charge in [0.1, 0.15) is 0 Å². The second-order valence-corrected chi connectivity index (χ2v) is 5.06. The molecule has 1 rings (SSSR count). The van der Waals surface area contributed by atoms with Crippen LogP contribution in [-0.2, 0) is 0 Å². The first-order chi connectivity index (χ1) is 8.67. The molecule has 0 aliphatic rings. The Hall–Kier alpha value is -1.02. The SMILES string of the molecule is CCNC(CC)CCCN(C)c1ccc(C)cc1. The van der Waals surface area contributed by atoms with E-state index in [4.69, 9.17) is 0 Å². The Balaban J connectivity index is 2.32. The van der Waals surface area contributed by atoms with Crippen molar-refractivity contribution in [1.29, 1.82) is 0 Å². The van der Waals surface area contributed by atoms with E-state index in [0.29, 0.717) is 6.04 Å². The van der Waals surface area contributed by atoms with Crippen molar-refractivity contribution in [3.05, 3.63) is 29.8 Å². The van der Waals surface area contributed by atoms with Gasteiger partial charge < -0.3 is 10.2 Å². The Labute approximate surface area is 112 Å². The molecule has 0 aromatic heterocycles. The molecule has 0 bridgehead atoms. The Morgan fingerprint density at radius 1 is 1.17 bits per heavy atom. The number of anilines is 1. The average molecular weight is 248 g/mol. The van der Waals surface area contributed by atoms with Crippen molar-refractivity contribution in [2.24, 2.45) is 0 Å². The first-order valence-electron chi connectivity index (χ1n) is 7.18. The molecule has 0 amide bonds. The normalized spacial score (nSPS) is 12.4. The molecule has 0 spiro atoms. The van der Waals surface area contributed by atoms with Crippen LogP contribution in [0.25, 0.3) is 0 Å². The number of hydrogen-bond donors (Lipinski definition) is 1. The molecular formula is C16H28N2. The van der Waals surface area contributed by atoms with Gasteiger partial charge in [0.05, 0.1) is 0 Å². The molecular weight excluding hydrogens is 220 g/mol. The molecule has 0 saturated heterocycles. The van der Waals surface area contributed by atoms with Crippen molar-refractivity contribution in [3.8, 4) is 0 Å². The van der Waals surface area contributed by atoms with Gasteiger partial charge in [-0.05, 0) is 44.9 Å². The van der Waals surface area contributed by atoms with Crippen molar-refractivity contribution in [2.75, 3.05) is 25.0 Å². The van der Waals surface area contributed by atoms with Crippen molar-refractivity contribution in [3.63, 3.8) is 0 Å². The van der Waals surface area contributed by atoms with Crippen molar-refractivity contribution in [1.82, 2.24) is 5.32 Å². The third-order valence-electron chi connectivity index (χ3n) is 3.51. The molecule has 1 aromatic carbocycles. The van der Waals surface area contributed by atoms with Gasteiger partial charge >= 0.3 is 0 Å².